The lowest BCUT2D eigenvalue weighted by molar-refractivity contribution is 0.0594. The molecule has 7 nitrogen and oxygen atoms in total. The third-order valence-electron chi connectivity index (χ3n) is 6.39. The first-order valence-corrected chi connectivity index (χ1v) is 12.2. The average molecular weight is 477 g/mol. The fraction of sp³-hybridized carbons (Fsp3) is 0.308. The van der Waals surface area contributed by atoms with Gasteiger partial charge in [0, 0.05) is 33.2 Å². The zero-order valence-electron chi connectivity index (χ0n) is 18.8. The van der Waals surface area contributed by atoms with Crippen LogP contribution in [-0.2, 0) is 11.3 Å². The van der Waals surface area contributed by atoms with E-state index >= 15 is 0 Å². The third kappa shape index (κ3) is 4.09. The molecule has 2 aliphatic rings. The molecule has 1 fully saturated rings. The van der Waals surface area contributed by atoms with Crippen LogP contribution in [0, 0.1) is 0 Å². The predicted molar refractivity (Wildman–Crippen MR) is 128 cm³/mol. The van der Waals surface area contributed by atoms with Gasteiger partial charge in [-0.15, -0.1) is 11.3 Å². The second-order valence-corrected chi connectivity index (χ2v) is 9.43. The van der Waals surface area contributed by atoms with Gasteiger partial charge in [-0.25, -0.2) is 9.78 Å². The molecule has 8 heteroatoms. The molecule has 1 amide bonds. The Morgan fingerprint density at radius 1 is 1.12 bits per heavy atom. The maximum Gasteiger partial charge on any atom is 0.357 e. The van der Waals surface area contributed by atoms with Crippen molar-refractivity contribution in [3.05, 3.63) is 58.2 Å². The van der Waals surface area contributed by atoms with Gasteiger partial charge in [0.1, 0.15) is 18.1 Å². The van der Waals surface area contributed by atoms with Crippen molar-refractivity contribution in [1.29, 1.82) is 0 Å². The normalized spacial score (nSPS) is 15.0. The highest BCUT2D eigenvalue weighted by molar-refractivity contribution is 7.13. The van der Waals surface area contributed by atoms with Gasteiger partial charge in [-0.3, -0.25) is 9.59 Å². The van der Waals surface area contributed by atoms with Crippen LogP contribution in [0.1, 0.15) is 69.0 Å². The number of esters is 1. The molecule has 3 aromatic rings. The number of carbonyl (C=O) groups is 3. The summed E-state index contributed by atoms with van der Waals surface area (Å²) in [5.74, 6) is -0.373. The van der Waals surface area contributed by atoms with Crippen molar-refractivity contribution in [2.45, 2.75) is 44.8 Å². The van der Waals surface area contributed by atoms with E-state index in [1.54, 1.807) is 35.6 Å². The summed E-state index contributed by atoms with van der Waals surface area (Å²) in [4.78, 5) is 43.0. The van der Waals surface area contributed by atoms with E-state index in [2.05, 4.69) is 10.3 Å². The Balaban J connectivity index is 1.55. The van der Waals surface area contributed by atoms with Crippen LogP contribution >= 0.6 is 11.3 Å². The number of aldehydes is 1. The second kappa shape index (κ2) is 9.38. The fourth-order valence-corrected chi connectivity index (χ4v) is 5.56. The van der Waals surface area contributed by atoms with Crippen molar-refractivity contribution in [2.24, 2.45) is 0 Å². The second-order valence-electron chi connectivity index (χ2n) is 8.51. The van der Waals surface area contributed by atoms with Crippen molar-refractivity contribution in [3.63, 3.8) is 0 Å². The number of rotatable bonds is 5. The van der Waals surface area contributed by atoms with Gasteiger partial charge in [0.15, 0.2) is 12.0 Å². The molecule has 0 bridgehead atoms. The number of fused-ring (bicyclic) bond motifs is 3. The molecule has 0 spiro atoms. The number of amides is 1. The summed E-state index contributed by atoms with van der Waals surface area (Å²) in [5.41, 5.74) is 3.35. The molecule has 3 heterocycles. The zero-order chi connectivity index (χ0) is 23.7. The number of carbonyl (C=O) groups excluding carboxylic acids is 3. The minimum absolute atomic E-state index is 0.0190. The highest BCUT2D eigenvalue weighted by Gasteiger charge is 2.26. The van der Waals surface area contributed by atoms with E-state index in [1.165, 1.54) is 13.5 Å². The number of ether oxygens (including phenoxy) is 2. The molecule has 0 saturated heterocycles. The molecule has 1 saturated carbocycles. The highest BCUT2D eigenvalue weighted by Crippen LogP contribution is 2.44. The number of benzene rings is 1. The molecule has 174 valence electrons. The monoisotopic (exact) mass is 476 g/mol. The minimum Gasteiger partial charge on any atom is -0.488 e. The van der Waals surface area contributed by atoms with Crippen LogP contribution < -0.4 is 10.1 Å². The Morgan fingerprint density at radius 3 is 2.71 bits per heavy atom. The quantitative estimate of drug-likeness (QED) is 0.410. The van der Waals surface area contributed by atoms with E-state index in [0.29, 0.717) is 29.0 Å². The van der Waals surface area contributed by atoms with Gasteiger partial charge in [0.2, 0.25) is 0 Å². The molecular formula is C26H24N2O5S. The molecule has 2 aromatic heterocycles. The summed E-state index contributed by atoms with van der Waals surface area (Å²) in [5, 5.41) is 5.01. The van der Waals surface area contributed by atoms with Gasteiger partial charge in [-0.05, 0) is 54.1 Å². The Bertz CT molecular complexity index is 1280. The molecule has 0 unspecified atom stereocenters. The Labute approximate surface area is 201 Å². The maximum absolute atomic E-state index is 12.8. The first kappa shape index (κ1) is 22.3. The predicted octanol–water partition coefficient (Wildman–Crippen LogP) is 5.03. The lowest BCUT2D eigenvalue weighted by atomic mass is 9.93. The Kier molecular flexibility index (Phi) is 6.15. The summed E-state index contributed by atoms with van der Waals surface area (Å²) in [6.07, 6.45) is 6.00. The molecule has 5 rings (SSSR count). The summed E-state index contributed by atoms with van der Waals surface area (Å²) in [6.45, 7) is 0.439. The number of thiophene rings is 1. The van der Waals surface area contributed by atoms with Crippen LogP contribution in [0.25, 0.3) is 21.6 Å². The molecule has 1 aliphatic heterocycles. The van der Waals surface area contributed by atoms with Crippen LogP contribution in [-0.4, -0.2) is 36.3 Å². The van der Waals surface area contributed by atoms with Crippen LogP contribution in [0.4, 0.5) is 0 Å². The SMILES string of the molecule is COC(=O)c1nc(C(=O)NC2CCCCC2)ccc1-c1cc2c(cc1C=O)-c1sccc1CO2. The Morgan fingerprint density at radius 2 is 1.94 bits per heavy atom. The van der Waals surface area contributed by atoms with Crippen LogP contribution in [0.15, 0.2) is 35.7 Å². The third-order valence-corrected chi connectivity index (χ3v) is 7.38. The standard InChI is InChI=1S/C26H24N2O5S/c1-32-26(31)23-18(7-8-21(28-23)25(30)27-17-5-3-2-4-6-17)19-12-22-20(11-16(19)13-29)24-15(14-33-22)9-10-34-24/h7-13,17H,2-6,14H2,1H3,(H,27,30). The summed E-state index contributed by atoms with van der Waals surface area (Å²) >= 11 is 1.59. The number of hydrogen-bond acceptors (Lipinski definition) is 7. The number of hydrogen-bond donors (Lipinski definition) is 1. The van der Waals surface area contributed by atoms with Crippen molar-refractivity contribution < 1.29 is 23.9 Å². The fourth-order valence-electron chi connectivity index (χ4n) is 4.63. The number of pyridine rings is 1. The summed E-state index contributed by atoms with van der Waals surface area (Å²) in [6, 6.07) is 8.87. The lowest BCUT2D eigenvalue weighted by Crippen LogP contribution is -2.36. The van der Waals surface area contributed by atoms with E-state index in [9.17, 15) is 14.4 Å². The van der Waals surface area contributed by atoms with Crippen molar-refractivity contribution in [1.82, 2.24) is 10.3 Å². The lowest BCUT2D eigenvalue weighted by Gasteiger charge is -2.23. The number of aromatic nitrogens is 1. The number of nitrogens with zero attached hydrogens (tertiary/aromatic N) is 1. The van der Waals surface area contributed by atoms with E-state index < -0.39 is 5.97 Å². The maximum atomic E-state index is 12.8. The van der Waals surface area contributed by atoms with E-state index in [-0.39, 0.29) is 23.3 Å². The smallest absolute Gasteiger partial charge is 0.357 e. The van der Waals surface area contributed by atoms with Crippen molar-refractivity contribution >= 4 is 29.5 Å². The summed E-state index contributed by atoms with van der Waals surface area (Å²) in [7, 11) is 1.26. The highest BCUT2D eigenvalue weighted by atomic mass is 32.1. The Hall–Kier alpha value is -3.52. The molecule has 1 aliphatic carbocycles. The topological polar surface area (TPSA) is 94.6 Å². The first-order valence-electron chi connectivity index (χ1n) is 11.3. The molecule has 0 atom stereocenters. The van der Waals surface area contributed by atoms with Gasteiger partial charge in [0.05, 0.1) is 7.11 Å². The van der Waals surface area contributed by atoms with Gasteiger partial charge < -0.3 is 14.8 Å². The van der Waals surface area contributed by atoms with Gasteiger partial charge in [-0.1, -0.05) is 19.3 Å². The number of methoxy groups -OCH3 is 1. The van der Waals surface area contributed by atoms with Crippen molar-refractivity contribution in [3.8, 4) is 27.3 Å². The van der Waals surface area contributed by atoms with Crippen molar-refractivity contribution in [2.75, 3.05) is 7.11 Å². The largest absolute Gasteiger partial charge is 0.488 e. The van der Waals surface area contributed by atoms with E-state index in [0.717, 1.165) is 48.0 Å². The minimum atomic E-state index is -0.682. The van der Waals surface area contributed by atoms with E-state index in [4.69, 9.17) is 9.47 Å². The molecule has 1 N–H and O–H groups in total. The number of nitrogens with one attached hydrogen (secondary N) is 1. The molecule has 1 aromatic carbocycles. The van der Waals surface area contributed by atoms with Gasteiger partial charge in [0.25, 0.3) is 5.91 Å². The van der Waals surface area contributed by atoms with Crippen LogP contribution in [0.3, 0.4) is 0 Å². The van der Waals surface area contributed by atoms with E-state index in [1.807, 2.05) is 11.4 Å². The van der Waals surface area contributed by atoms with Gasteiger partial charge >= 0.3 is 5.97 Å². The van der Waals surface area contributed by atoms with Crippen LogP contribution in [0.5, 0.6) is 5.75 Å². The average Bonchev–Trinajstić information content (AvgIpc) is 3.37. The first-order chi connectivity index (χ1) is 16.6. The summed E-state index contributed by atoms with van der Waals surface area (Å²) < 4.78 is 10.9. The van der Waals surface area contributed by atoms with Crippen LogP contribution in [0.2, 0.25) is 0 Å². The molecule has 0 radical (unpaired) electrons. The molecular weight excluding hydrogens is 452 g/mol. The zero-order valence-corrected chi connectivity index (χ0v) is 19.6. The van der Waals surface area contributed by atoms with Gasteiger partial charge in [-0.2, -0.15) is 0 Å². The molecule has 34 heavy (non-hydrogen) atoms.